The van der Waals surface area contributed by atoms with E-state index in [1.54, 1.807) is 47.8 Å². The van der Waals surface area contributed by atoms with Crippen LogP contribution in [0.2, 0.25) is 0 Å². The highest BCUT2D eigenvalue weighted by atomic mass is 32.1. The predicted molar refractivity (Wildman–Crippen MR) is 106 cm³/mol. The predicted octanol–water partition coefficient (Wildman–Crippen LogP) is 1.75. The number of nitrogens with one attached hydrogen (secondary N) is 2. The lowest BCUT2D eigenvalue weighted by Crippen LogP contribution is -2.48. The number of carbonyl (C=O) groups is 4. The molecule has 9 heteroatoms. The number of ether oxygens (including phenoxy) is 1. The Morgan fingerprint density at radius 1 is 1.10 bits per heavy atom. The molecule has 2 N–H and O–H groups in total. The van der Waals surface area contributed by atoms with Crippen LogP contribution in [-0.2, 0) is 14.3 Å². The van der Waals surface area contributed by atoms with Crippen molar-refractivity contribution in [3.05, 3.63) is 58.3 Å². The summed E-state index contributed by atoms with van der Waals surface area (Å²) in [4.78, 5) is 51.2. The first-order valence-corrected chi connectivity index (χ1v) is 10.1. The third kappa shape index (κ3) is 5.00. The Morgan fingerprint density at radius 3 is 2.55 bits per heavy atom. The Morgan fingerprint density at radius 2 is 1.86 bits per heavy atom. The number of hydrogen-bond acceptors (Lipinski definition) is 6. The van der Waals surface area contributed by atoms with Crippen LogP contribution in [0, 0.1) is 0 Å². The van der Waals surface area contributed by atoms with Crippen molar-refractivity contribution in [2.75, 3.05) is 6.54 Å². The molecule has 3 rings (SSSR count). The molecule has 1 aromatic carbocycles. The zero-order valence-electron chi connectivity index (χ0n) is 15.8. The molecule has 2 atom stereocenters. The molecule has 0 aliphatic carbocycles. The number of carbonyl (C=O) groups excluding carboxylic acids is 4. The lowest BCUT2D eigenvalue weighted by Gasteiger charge is -2.24. The first-order valence-electron chi connectivity index (χ1n) is 9.17. The van der Waals surface area contributed by atoms with E-state index in [2.05, 4.69) is 10.9 Å². The summed E-state index contributed by atoms with van der Waals surface area (Å²) in [6.07, 6.45) is 0.0393. The number of thiophene rings is 1. The molecule has 1 aliphatic rings. The van der Waals surface area contributed by atoms with Crippen LogP contribution in [-0.4, -0.2) is 47.3 Å². The highest BCUT2D eigenvalue weighted by Crippen LogP contribution is 2.23. The Kier molecular flexibility index (Phi) is 6.61. The van der Waals surface area contributed by atoms with Crippen molar-refractivity contribution in [2.45, 2.75) is 31.9 Å². The van der Waals surface area contributed by atoms with Crippen molar-refractivity contribution in [3.63, 3.8) is 0 Å². The molecule has 3 amide bonds. The van der Waals surface area contributed by atoms with Gasteiger partial charge in [0.2, 0.25) is 0 Å². The Balaban J connectivity index is 1.52. The van der Waals surface area contributed by atoms with Crippen LogP contribution in [0.15, 0.2) is 47.8 Å². The minimum Gasteiger partial charge on any atom is -0.451 e. The van der Waals surface area contributed by atoms with Gasteiger partial charge in [0.1, 0.15) is 6.04 Å². The number of hydrogen-bond donors (Lipinski definition) is 2. The van der Waals surface area contributed by atoms with Gasteiger partial charge in [0.05, 0.1) is 4.88 Å². The molecule has 1 aliphatic heterocycles. The SMILES string of the molecule is C[C@H](OC(=O)[C@@H]1CCCN1C(=O)c1cccs1)C(=O)NNC(=O)c1ccccc1. The number of benzene rings is 1. The molecule has 2 heterocycles. The van der Waals surface area contributed by atoms with Gasteiger partial charge in [-0.2, -0.15) is 0 Å². The van der Waals surface area contributed by atoms with Gasteiger partial charge in [-0.1, -0.05) is 24.3 Å². The first-order chi connectivity index (χ1) is 14.0. The highest BCUT2D eigenvalue weighted by molar-refractivity contribution is 7.12. The molecule has 0 bridgehead atoms. The molecular formula is C20H21N3O5S. The van der Waals surface area contributed by atoms with E-state index in [0.717, 1.165) is 0 Å². The number of esters is 1. The molecular weight excluding hydrogens is 394 g/mol. The van der Waals surface area contributed by atoms with Crippen LogP contribution >= 0.6 is 11.3 Å². The summed E-state index contributed by atoms with van der Waals surface area (Å²) in [7, 11) is 0. The van der Waals surface area contributed by atoms with Gasteiger partial charge in [0.25, 0.3) is 17.7 Å². The average molecular weight is 415 g/mol. The normalized spacial score (nSPS) is 16.7. The minimum atomic E-state index is -1.13. The summed E-state index contributed by atoms with van der Waals surface area (Å²) in [5.41, 5.74) is 4.89. The van der Waals surface area contributed by atoms with E-state index >= 15 is 0 Å². The maximum absolute atomic E-state index is 12.6. The van der Waals surface area contributed by atoms with Gasteiger partial charge in [-0.3, -0.25) is 25.2 Å². The van der Waals surface area contributed by atoms with E-state index in [-0.39, 0.29) is 5.91 Å². The van der Waals surface area contributed by atoms with Gasteiger partial charge in [0.15, 0.2) is 6.10 Å². The van der Waals surface area contributed by atoms with E-state index in [4.69, 9.17) is 4.74 Å². The Bertz CT molecular complexity index is 885. The summed E-state index contributed by atoms with van der Waals surface area (Å²) in [5.74, 6) is -2.01. The lowest BCUT2D eigenvalue weighted by molar-refractivity contribution is -0.158. The van der Waals surface area contributed by atoms with Crippen molar-refractivity contribution in [1.29, 1.82) is 0 Å². The van der Waals surface area contributed by atoms with Crippen molar-refractivity contribution >= 4 is 35.0 Å². The van der Waals surface area contributed by atoms with Crippen molar-refractivity contribution in [1.82, 2.24) is 15.8 Å². The molecule has 0 saturated carbocycles. The van der Waals surface area contributed by atoms with Gasteiger partial charge in [-0.15, -0.1) is 11.3 Å². The van der Waals surface area contributed by atoms with E-state index in [0.29, 0.717) is 29.8 Å². The number of nitrogens with zero attached hydrogens (tertiary/aromatic N) is 1. The van der Waals surface area contributed by atoms with Gasteiger partial charge in [0, 0.05) is 12.1 Å². The summed E-state index contributed by atoms with van der Waals surface area (Å²) in [6, 6.07) is 11.1. The van der Waals surface area contributed by atoms with Crippen molar-refractivity contribution in [3.8, 4) is 0 Å². The molecule has 152 valence electrons. The molecule has 1 aromatic heterocycles. The lowest BCUT2D eigenvalue weighted by atomic mass is 10.2. The molecule has 2 aromatic rings. The topological polar surface area (TPSA) is 105 Å². The maximum atomic E-state index is 12.6. The molecule has 0 unspecified atom stereocenters. The maximum Gasteiger partial charge on any atom is 0.329 e. The quantitative estimate of drug-likeness (QED) is 0.572. The molecule has 29 heavy (non-hydrogen) atoms. The molecule has 1 fully saturated rings. The van der Waals surface area contributed by atoms with Gasteiger partial charge < -0.3 is 9.64 Å². The largest absolute Gasteiger partial charge is 0.451 e. The van der Waals surface area contributed by atoms with Gasteiger partial charge >= 0.3 is 5.97 Å². The summed E-state index contributed by atoms with van der Waals surface area (Å²) < 4.78 is 5.24. The zero-order chi connectivity index (χ0) is 20.8. The highest BCUT2D eigenvalue weighted by Gasteiger charge is 2.37. The number of hydrazine groups is 1. The van der Waals surface area contributed by atoms with Crippen LogP contribution in [0.4, 0.5) is 0 Å². The monoisotopic (exact) mass is 415 g/mol. The second-order valence-electron chi connectivity index (χ2n) is 6.52. The fourth-order valence-electron chi connectivity index (χ4n) is 2.98. The Labute approximate surface area is 171 Å². The van der Waals surface area contributed by atoms with Crippen LogP contribution < -0.4 is 10.9 Å². The summed E-state index contributed by atoms with van der Waals surface area (Å²) in [5, 5.41) is 1.80. The Hall–Kier alpha value is -3.20. The molecule has 0 radical (unpaired) electrons. The fourth-order valence-corrected chi connectivity index (χ4v) is 3.66. The van der Waals surface area contributed by atoms with Gasteiger partial charge in [-0.25, -0.2) is 4.79 Å². The standard InChI is InChI=1S/C20H21N3O5S/c1-13(17(24)21-22-18(25)14-7-3-2-4-8-14)28-20(27)15-9-5-11-23(15)19(26)16-10-6-12-29-16/h2-4,6-8,10,12-13,15H,5,9,11H2,1H3,(H,21,24)(H,22,25)/t13-,15-/m0/s1. The third-order valence-corrected chi connectivity index (χ3v) is 5.37. The van der Waals surface area contributed by atoms with Crippen LogP contribution in [0.1, 0.15) is 39.8 Å². The fraction of sp³-hybridized carbons (Fsp3) is 0.300. The second-order valence-corrected chi connectivity index (χ2v) is 7.47. The smallest absolute Gasteiger partial charge is 0.329 e. The summed E-state index contributed by atoms with van der Waals surface area (Å²) >= 11 is 1.31. The molecule has 8 nitrogen and oxygen atoms in total. The van der Waals surface area contributed by atoms with E-state index in [9.17, 15) is 19.2 Å². The minimum absolute atomic E-state index is 0.216. The van der Waals surface area contributed by atoms with Gasteiger partial charge in [-0.05, 0) is 43.3 Å². The zero-order valence-corrected chi connectivity index (χ0v) is 16.6. The number of rotatable bonds is 5. The second kappa shape index (κ2) is 9.33. The van der Waals surface area contributed by atoms with Crippen LogP contribution in [0.25, 0.3) is 0 Å². The summed E-state index contributed by atoms with van der Waals surface area (Å²) in [6.45, 7) is 1.87. The van der Waals surface area contributed by atoms with Crippen LogP contribution in [0.3, 0.4) is 0 Å². The van der Waals surface area contributed by atoms with Crippen molar-refractivity contribution in [2.24, 2.45) is 0 Å². The van der Waals surface area contributed by atoms with E-state index in [1.807, 2.05) is 0 Å². The number of likely N-dealkylation sites (tertiary alicyclic amines) is 1. The third-order valence-electron chi connectivity index (χ3n) is 4.52. The molecule has 0 spiro atoms. The molecule has 1 saturated heterocycles. The number of amides is 3. The van der Waals surface area contributed by atoms with Crippen molar-refractivity contribution < 1.29 is 23.9 Å². The average Bonchev–Trinajstić information content (AvgIpc) is 3.44. The van der Waals surface area contributed by atoms with Crippen LogP contribution in [0.5, 0.6) is 0 Å². The first kappa shape index (κ1) is 20.5. The van der Waals surface area contributed by atoms with E-state index < -0.39 is 29.9 Å². The van der Waals surface area contributed by atoms with E-state index in [1.165, 1.54) is 23.2 Å².